The van der Waals surface area contributed by atoms with E-state index >= 15 is 0 Å². The molecule has 0 N–H and O–H groups in total. The van der Waals surface area contributed by atoms with Crippen LogP contribution in [0.15, 0.2) is 35.7 Å². The standard InChI is InChI=1S/C30H48O4SSi2/c1-12-21(15-16-31)22-17-24(35-20-22)19-32-23-13-14-25(27(29(2,3)4)33-36(8)9)26(18-23)28(30(5,6)7)34-37(10)11/h13-18,20,27-28,36-37H,12,19H2,1-11H3. The fourth-order valence-corrected chi connectivity index (χ4v) is 7.44. The van der Waals surface area contributed by atoms with E-state index in [9.17, 15) is 4.79 Å². The van der Waals surface area contributed by atoms with Gasteiger partial charge < -0.3 is 13.6 Å². The number of aldehydes is 1. The summed E-state index contributed by atoms with van der Waals surface area (Å²) in [6.45, 7) is 25.0. The van der Waals surface area contributed by atoms with Gasteiger partial charge >= 0.3 is 0 Å². The molecule has 1 aromatic carbocycles. The molecule has 1 aromatic heterocycles. The van der Waals surface area contributed by atoms with Crippen LogP contribution in [0.25, 0.3) is 5.57 Å². The highest BCUT2D eigenvalue weighted by atomic mass is 32.1. The normalized spacial score (nSPS) is 14.8. The molecule has 2 aromatic rings. The van der Waals surface area contributed by atoms with Crippen LogP contribution in [0.3, 0.4) is 0 Å². The maximum atomic E-state index is 11.0. The molecule has 0 saturated carbocycles. The summed E-state index contributed by atoms with van der Waals surface area (Å²) in [7, 11) is -2.61. The van der Waals surface area contributed by atoms with Crippen LogP contribution in [0.1, 0.15) is 88.7 Å². The van der Waals surface area contributed by atoms with Crippen molar-refractivity contribution >= 4 is 41.3 Å². The summed E-state index contributed by atoms with van der Waals surface area (Å²) in [5, 5.41) is 2.10. The molecule has 0 aliphatic heterocycles. The maximum absolute atomic E-state index is 11.0. The van der Waals surface area contributed by atoms with Crippen LogP contribution in [-0.4, -0.2) is 24.4 Å². The lowest BCUT2D eigenvalue weighted by Gasteiger charge is -2.39. The van der Waals surface area contributed by atoms with Gasteiger partial charge in [0.15, 0.2) is 18.1 Å². The second-order valence-electron chi connectivity index (χ2n) is 12.4. The summed E-state index contributed by atoms with van der Waals surface area (Å²) >= 11 is 1.66. The molecule has 0 aliphatic carbocycles. The van der Waals surface area contributed by atoms with Gasteiger partial charge in [-0.15, -0.1) is 11.3 Å². The van der Waals surface area contributed by atoms with Crippen molar-refractivity contribution in [3.8, 4) is 5.75 Å². The molecule has 0 bridgehead atoms. The minimum absolute atomic E-state index is 0.0116. The van der Waals surface area contributed by atoms with Gasteiger partial charge in [0.05, 0.1) is 12.2 Å². The fourth-order valence-electron chi connectivity index (χ4n) is 4.42. The van der Waals surface area contributed by atoms with E-state index in [-0.39, 0.29) is 23.0 Å². The highest BCUT2D eigenvalue weighted by molar-refractivity contribution is 7.10. The van der Waals surface area contributed by atoms with Crippen molar-refractivity contribution in [3.05, 3.63) is 57.3 Å². The van der Waals surface area contributed by atoms with Crippen LogP contribution in [0.5, 0.6) is 5.75 Å². The number of rotatable bonds is 12. The Hall–Kier alpha value is -1.52. The summed E-state index contributed by atoms with van der Waals surface area (Å²) in [6.07, 6.45) is 3.27. The van der Waals surface area contributed by atoms with Gasteiger partial charge in [-0.05, 0) is 95.4 Å². The summed E-state index contributed by atoms with van der Waals surface area (Å²) in [6, 6.07) is 8.59. The molecule has 0 fully saturated rings. The first-order chi connectivity index (χ1) is 17.2. The molecule has 2 unspecified atom stereocenters. The Morgan fingerprint density at radius 2 is 1.49 bits per heavy atom. The van der Waals surface area contributed by atoms with E-state index in [1.165, 1.54) is 11.1 Å². The van der Waals surface area contributed by atoms with Crippen molar-refractivity contribution in [2.75, 3.05) is 0 Å². The zero-order valence-corrected chi connectivity index (χ0v) is 27.9. The van der Waals surface area contributed by atoms with E-state index in [0.29, 0.717) is 6.61 Å². The Kier molecular flexibility index (Phi) is 11.6. The van der Waals surface area contributed by atoms with Crippen LogP contribution in [-0.2, 0) is 20.3 Å². The molecule has 2 atom stereocenters. The first kappa shape index (κ1) is 31.7. The van der Waals surface area contributed by atoms with Crippen molar-refractivity contribution in [1.29, 1.82) is 0 Å². The molecule has 1 heterocycles. The minimum atomic E-state index is -1.32. The molecule has 0 saturated heterocycles. The third-order valence-electron chi connectivity index (χ3n) is 6.07. The lowest BCUT2D eigenvalue weighted by molar-refractivity contribution is -0.104. The summed E-state index contributed by atoms with van der Waals surface area (Å²) in [5.41, 5.74) is 4.41. The highest BCUT2D eigenvalue weighted by Gasteiger charge is 2.36. The molecule has 0 aliphatic rings. The molecular formula is C30H48O4SSi2. The Morgan fingerprint density at radius 3 is 1.97 bits per heavy atom. The number of benzene rings is 1. The number of hydrogen-bond acceptors (Lipinski definition) is 5. The first-order valence-electron chi connectivity index (χ1n) is 13.5. The van der Waals surface area contributed by atoms with Crippen LogP contribution in [0, 0.1) is 10.8 Å². The van der Waals surface area contributed by atoms with E-state index < -0.39 is 18.1 Å². The Balaban J connectivity index is 2.50. The third kappa shape index (κ3) is 9.32. The summed E-state index contributed by atoms with van der Waals surface area (Å²) < 4.78 is 19.7. The first-order valence-corrected chi connectivity index (χ1v) is 19.9. The van der Waals surface area contributed by atoms with Crippen LogP contribution < -0.4 is 4.74 Å². The number of ether oxygens (including phenoxy) is 1. The largest absolute Gasteiger partial charge is 0.488 e. The van der Waals surface area contributed by atoms with E-state index in [0.717, 1.165) is 34.5 Å². The van der Waals surface area contributed by atoms with Crippen LogP contribution in [0.4, 0.5) is 0 Å². The molecule has 0 amide bonds. The lowest BCUT2D eigenvalue weighted by Crippen LogP contribution is -2.31. The molecule has 4 nitrogen and oxygen atoms in total. The summed E-state index contributed by atoms with van der Waals surface area (Å²) in [5.74, 6) is 0.838. The average molecular weight is 561 g/mol. The minimum Gasteiger partial charge on any atom is -0.488 e. The number of allylic oxidation sites excluding steroid dienone is 2. The van der Waals surface area contributed by atoms with Crippen molar-refractivity contribution in [3.63, 3.8) is 0 Å². The smallest absolute Gasteiger partial charge is 0.171 e. The van der Waals surface area contributed by atoms with Gasteiger partial charge in [0.1, 0.15) is 18.6 Å². The third-order valence-corrected chi connectivity index (χ3v) is 8.61. The quantitative estimate of drug-likeness (QED) is 0.148. The predicted molar refractivity (Wildman–Crippen MR) is 164 cm³/mol. The van der Waals surface area contributed by atoms with Gasteiger partial charge in [0, 0.05) is 4.88 Å². The topological polar surface area (TPSA) is 44.8 Å². The monoisotopic (exact) mass is 560 g/mol. The number of carbonyl (C=O) groups is 1. The van der Waals surface area contributed by atoms with Gasteiger partial charge in [0.25, 0.3) is 0 Å². The lowest BCUT2D eigenvalue weighted by atomic mass is 9.77. The zero-order chi connectivity index (χ0) is 28.0. The van der Waals surface area contributed by atoms with Crippen LogP contribution in [0.2, 0.25) is 26.2 Å². The zero-order valence-electron chi connectivity index (χ0n) is 24.8. The van der Waals surface area contributed by atoms with E-state index in [1.54, 1.807) is 17.4 Å². The van der Waals surface area contributed by atoms with E-state index in [4.69, 9.17) is 13.6 Å². The van der Waals surface area contributed by atoms with Crippen molar-refractivity contribution in [2.24, 2.45) is 10.8 Å². The van der Waals surface area contributed by atoms with Crippen molar-refractivity contribution in [2.45, 2.75) is 99.9 Å². The number of carbonyl (C=O) groups excluding carboxylic acids is 1. The van der Waals surface area contributed by atoms with Gasteiger partial charge in [-0.3, -0.25) is 4.79 Å². The average Bonchev–Trinajstić information content (AvgIpc) is 3.25. The fraction of sp³-hybridized carbons (Fsp3) is 0.567. The second-order valence-corrected chi connectivity index (χ2v) is 18.2. The SMILES string of the molecule is CCC(=CC=O)c1csc(COc2ccc(C(O[SiH](C)C)C(C)(C)C)c(C(O[SiH](C)C)C(C)(C)C)c2)c1. The molecule has 0 spiro atoms. The van der Waals surface area contributed by atoms with Gasteiger partial charge in [-0.25, -0.2) is 0 Å². The van der Waals surface area contributed by atoms with Gasteiger partial charge in [-0.1, -0.05) is 54.5 Å². The van der Waals surface area contributed by atoms with Gasteiger partial charge in [-0.2, -0.15) is 0 Å². The molecule has 7 heteroatoms. The number of thiophene rings is 1. The Labute approximate surface area is 232 Å². The van der Waals surface area contributed by atoms with E-state index in [1.807, 2.05) is 0 Å². The predicted octanol–water partition coefficient (Wildman–Crippen LogP) is 8.49. The number of hydrogen-bond donors (Lipinski definition) is 0. The Morgan fingerprint density at radius 1 is 0.919 bits per heavy atom. The van der Waals surface area contributed by atoms with Crippen molar-refractivity contribution < 1.29 is 18.4 Å². The molecule has 206 valence electrons. The van der Waals surface area contributed by atoms with Gasteiger partial charge in [0.2, 0.25) is 0 Å². The molecular weight excluding hydrogens is 513 g/mol. The van der Waals surface area contributed by atoms with Crippen LogP contribution >= 0.6 is 11.3 Å². The van der Waals surface area contributed by atoms with E-state index in [2.05, 4.69) is 104 Å². The Bertz CT molecular complexity index is 1040. The second kappa shape index (κ2) is 13.5. The molecule has 37 heavy (non-hydrogen) atoms. The van der Waals surface area contributed by atoms with Crippen molar-refractivity contribution in [1.82, 2.24) is 0 Å². The molecule has 0 radical (unpaired) electrons. The maximum Gasteiger partial charge on any atom is 0.171 e. The highest BCUT2D eigenvalue weighted by Crippen LogP contribution is 2.46. The molecule has 2 rings (SSSR count). The summed E-state index contributed by atoms with van der Waals surface area (Å²) in [4.78, 5) is 12.1.